The Labute approximate surface area is 172 Å². The summed E-state index contributed by atoms with van der Waals surface area (Å²) in [6, 6.07) is 13.9. The first-order valence-corrected chi connectivity index (χ1v) is 9.60. The molecule has 1 fully saturated rings. The van der Waals surface area contributed by atoms with Crippen LogP contribution in [0.4, 0.5) is 4.39 Å². The number of nitrogens with one attached hydrogen (secondary N) is 1. The lowest BCUT2D eigenvalue weighted by molar-refractivity contribution is 0.220. The van der Waals surface area contributed by atoms with Gasteiger partial charge >= 0.3 is 0 Å². The first kappa shape index (κ1) is 18.9. The van der Waals surface area contributed by atoms with E-state index in [9.17, 15) is 9.50 Å². The van der Waals surface area contributed by atoms with Gasteiger partial charge in [0.15, 0.2) is 5.11 Å². The van der Waals surface area contributed by atoms with Gasteiger partial charge < -0.3 is 19.9 Å². The van der Waals surface area contributed by atoms with Gasteiger partial charge in [-0.15, -0.1) is 0 Å². The van der Waals surface area contributed by atoms with Gasteiger partial charge in [-0.05, 0) is 54.7 Å². The van der Waals surface area contributed by atoms with Crippen LogP contribution in [-0.4, -0.2) is 37.8 Å². The maximum Gasteiger partial charge on any atom is 0.170 e. The molecule has 0 bridgehead atoms. The monoisotopic (exact) mass is 416 g/mol. The van der Waals surface area contributed by atoms with E-state index in [1.807, 2.05) is 46.0 Å². The quantitative estimate of drug-likeness (QED) is 0.622. The first-order valence-electron chi connectivity index (χ1n) is 8.81. The Bertz CT molecular complexity index is 997. The van der Waals surface area contributed by atoms with Crippen LogP contribution < -0.4 is 5.32 Å². The Morgan fingerprint density at radius 2 is 2.07 bits per heavy atom. The van der Waals surface area contributed by atoms with Crippen molar-refractivity contribution in [2.75, 3.05) is 13.2 Å². The lowest BCUT2D eigenvalue weighted by atomic mass is 10.0. The molecule has 1 saturated heterocycles. The van der Waals surface area contributed by atoms with Crippen LogP contribution in [0.5, 0.6) is 0 Å². The number of halogens is 2. The molecule has 0 saturated carbocycles. The Balaban J connectivity index is 1.81. The molecule has 1 aliphatic rings. The van der Waals surface area contributed by atoms with Crippen molar-refractivity contribution in [1.82, 2.24) is 19.8 Å². The molecular formula is C20H18ClFN4OS. The van der Waals surface area contributed by atoms with Crippen molar-refractivity contribution in [3.8, 4) is 5.69 Å². The fourth-order valence-electron chi connectivity index (χ4n) is 3.58. The summed E-state index contributed by atoms with van der Waals surface area (Å²) >= 11 is 11.5. The second-order valence-electron chi connectivity index (χ2n) is 6.45. The third-order valence-corrected chi connectivity index (χ3v) is 5.45. The Morgan fingerprint density at radius 3 is 2.79 bits per heavy atom. The number of aromatic nitrogens is 2. The van der Waals surface area contributed by atoms with E-state index in [1.165, 1.54) is 6.07 Å². The van der Waals surface area contributed by atoms with E-state index in [-0.39, 0.29) is 23.7 Å². The van der Waals surface area contributed by atoms with E-state index >= 15 is 0 Å². The molecule has 0 aliphatic carbocycles. The van der Waals surface area contributed by atoms with E-state index in [4.69, 9.17) is 23.8 Å². The summed E-state index contributed by atoms with van der Waals surface area (Å²) in [6.07, 6.45) is 3.64. The highest BCUT2D eigenvalue weighted by Crippen LogP contribution is 2.39. The third-order valence-electron chi connectivity index (χ3n) is 4.80. The van der Waals surface area contributed by atoms with Gasteiger partial charge in [-0.3, -0.25) is 4.98 Å². The normalized spacial score (nSPS) is 19.1. The maximum atomic E-state index is 13.6. The second-order valence-corrected chi connectivity index (χ2v) is 7.24. The summed E-state index contributed by atoms with van der Waals surface area (Å²) in [6.45, 7) is 0.353. The van der Waals surface area contributed by atoms with Crippen LogP contribution in [0, 0.1) is 5.82 Å². The SMILES string of the molecule is OCCN1C(=S)NC(c2ccccn2)C1c1cccn1-c1ccc(F)c(Cl)c1. The van der Waals surface area contributed by atoms with Gasteiger partial charge in [-0.2, -0.15) is 0 Å². The molecular weight excluding hydrogens is 399 g/mol. The summed E-state index contributed by atoms with van der Waals surface area (Å²) < 4.78 is 15.6. The van der Waals surface area contributed by atoms with E-state index < -0.39 is 5.82 Å². The van der Waals surface area contributed by atoms with E-state index in [0.29, 0.717) is 11.7 Å². The Kier molecular flexibility index (Phi) is 5.30. The number of aliphatic hydroxyl groups excluding tert-OH is 1. The Morgan fingerprint density at radius 1 is 1.21 bits per heavy atom. The molecule has 1 aliphatic heterocycles. The molecule has 8 heteroatoms. The van der Waals surface area contributed by atoms with Crippen LogP contribution in [0.15, 0.2) is 60.9 Å². The third kappa shape index (κ3) is 3.37. The molecule has 3 heterocycles. The van der Waals surface area contributed by atoms with E-state index in [0.717, 1.165) is 17.1 Å². The van der Waals surface area contributed by atoms with Gasteiger partial charge in [-0.1, -0.05) is 17.7 Å². The fourth-order valence-corrected chi connectivity index (χ4v) is 4.09. The molecule has 0 amide bonds. The number of β-amino-alcohol motifs (C(OH)–C–C–N with tert-alkyl or cyclic N) is 1. The largest absolute Gasteiger partial charge is 0.395 e. The number of hydrogen-bond acceptors (Lipinski definition) is 3. The minimum Gasteiger partial charge on any atom is -0.395 e. The van der Waals surface area contributed by atoms with Crippen molar-refractivity contribution < 1.29 is 9.50 Å². The van der Waals surface area contributed by atoms with Gasteiger partial charge in [0.25, 0.3) is 0 Å². The zero-order valence-corrected chi connectivity index (χ0v) is 16.4. The van der Waals surface area contributed by atoms with Crippen molar-refractivity contribution in [3.63, 3.8) is 0 Å². The number of hydrogen-bond donors (Lipinski definition) is 2. The molecule has 1 aromatic carbocycles. The summed E-state index contributed by atoms with van der Waals surface area (Å²) in [7, 11) is 0. The molecule has 2 atom stereocenters. The minimum atomic E-state index is -0.462. The minimum absolute atomic E-state index is 0.0314. The van der Waals surface area contributed by atoms with Gasteiger partial charge in [0.05, 0.1) is 29.4 Å². The molecule has 2 aromatic heterocycles. The number of benzene rings is 1. The van der Waals surface area contributed by atoms with Crippen LogP contribution in [0.25, 0.3) is 5.69 Å². The smallest absolute Gasteiger partial charge is 0.170 e. The predicted molar refractivity (Wildman–Crippen MR) is 110 cm³/mol. The molecule has 144 valence electrons. The average Bonchev–Trinajstić information content (AvgIpc) is 3.30. The number of pyridine rings is 1. The summed E-state index contributed by atoms with van der Waals surface area (Å²) in [5.74, 6) is -0.462. The van der Waals surface area contributed by atoms with E-state index in [2.05, 4.69) is 10.3 Å². The summed E-state index contributed by atoms with van der Waals surface area (Å²) in [5, 5.41) is 13.5. The number of rotatable bonds is 5. The fraction of sp³-hybridized carbons (Fsp3) is 0.200. The zero-order valence-electron chi connectivity index (χ0n) is 14.8. The van der Waals surface area contributed by atoms with Gasteiger partial charge in [0, 0.05) is 30.3 Å². The first-order chi connectivity index (χ1) is 13.6. The van der Waals surface area contributed by atoms with Crippen LogP contribution >= 0.6 is 23.8 Å². The van der Waals surface area contributed by atoms with Crippen LogP contribution in [0.3, 0.4) is 0 Å². The van der Waals surface area contributed by atoms with Crippen LogP contribution in [-0.2, 0) is 0 Å². The topological polar surface area (TPSA) is 53.3 Å². The molecule has 2 unspecified atom stereocenters. The molecule has 28 heavy (non-hydrogen) atoms. The van der Waals surface area contributed by atoms with Crippen LogP contribution in [0.1, 0.15) is 23.5 Å². The zero-order chi connectivity index (χ0) is 19.7. The van der Waals surface area contributed by atoms with Gasteiger partial charge in [0.1, 0.15) is 5.82 Å². The van der Waals surface area contributed by atoms with Gasteiger partial charge in [-0.25, -0.2) is 4.39 Å². The summed E-state index contributed by atoms with van der Waals surface area (Å²) in [4.78, 5) is 6.44. The second kappa shape index (κ2) is 7.87. The van der Waals surface area contributed by atoms with Crippen LogP contribution in [0.2, 0.25) is 5.02 Å². The van der Waals surface area contributed by atoms with Gasteiger partial charge in [0.2, 0.25) is 0 Å². The Hall–Kier alpha value is -2.48. The number of nitrogens with zero attached hydrogens (tertiary/aromatic N) is 3. The number of aliphatic hydroxyl groups is 1. The predicted octanol–water partition coefficient (Wildman–Crippen LogP) is 3.63. The number of thiocarbonyl (C=S) groups is 1. The highest BCUT2D eigenvalue weighted by Gasteiger charge is 2.40. The highest BCUT2D eigenvalue weighted by molar-refractivity contribution is 7.80. The molecule has 4 rings (SSSR count). The van der Waals surface area contributed by atoms with Crippen molar-refractivity contribution in [2.24, 2.45) is 0 Å². The molecule has 0 radical (unpaired) electrons. The average molecular weight is 417 g/mol. The lowest BCUT2D eigenvalue weighted by Crippen LogP contribution is -2.32. The molecule has 2 N–H and O–H groups in total. The van der Waals surface area contributed by atoms with Crippen molar-refractivity contribution in [1.29, 1.82) is 0 Å². The van der Waals surface area contributed by atoms with Crippen molar-refractivity contribution in [3.05, 3.63) is 83.2 Å². The maximum absolute atomic E-state index is 13.6. The van der Waals surface area contributed by atoms with Crippen molar-refractivity contribution in [2.45, 2.75) is 12.1 Å². The van der Waals surface area contributed by atoms with E-state index in [1.54, 1.807) is 18.3 Å². The molecule has 5 nitrogen and oxygen atoms in total. The lowest BCUT2D eigenvalue weighted by Gasteiger charge is -2.28. The molecule has 0 spiro atoms. The molecule has 3 aromatic rings. The van der Waals surface area contributed by atoms with Crippen molar-refractivity contribution >= 4 is 28.9 Å². The summed E-state index contributed by atoms with van der Waals surface area (Å²) in [5.41, 5.74) is 2.52. The highest BCUT2D eigenvalue weighted by atomic mass is 35.5. The standard InChI is InChI=1S/C20H18ClFN4OS/c21-14-12-13(6-7-15(14)22)25-9-3-5-17(25)19-18(16-4-1-2-8-23-16)24-20(28)26(19)10-11-27/h1-9,12,18-19,27H,10-11H2,(H,24,28).